The van der Waals surface area contributed by atoms with E-state index in [9.17, 15) is 124 Å². The van der Waals surface area contributed by atoms with E-state index in [2.05, 4.69) is 9.47 Å². The summed E-state index contributed by atoms with van der Waals surface area (Å²) >= 11 is 0. The van der Waals surface area contributed by atoms with Gasteiger partial charge in [0.05, 0.1) is 54.4 Å². The van der Waals surface area contributed by atoms with E-state index < -0.39 is 112 Å². The van der Waals surface area contributed by atoms with Gasteiger partial charge in [-0.1, -0.05) is 0 Å². The molecular weight excluding hydrogens is 1010 g/mol. The molecule has 0 aromatic carbocycles. The molecule has 0 aliphatic rings. The highest BCUT2D eigenvalue weighted by Crippen LogP contribution is 2.49. The molecule has 0 bridgehead atoms. The number of carbonyl (C=O) groups excluding carboxylic acids is 2. The van der Waals surface area contributed by atoms with Gasteiger partial charge in [-0.2, -0.15) is 79.7 Å². The van der Waals surface area contributed by atoms with Crippen molar-refractivity contribution in [3.05, 3.63) is 0 Å². The van der Waals surface area contributed by atoms with E-state index in [-0.39, 0.29) is 48.0 Å². The molecule has 0 aromatic rings. The smallest absolute Gasteiger partial charge is 0.351 e. The van der Waals surface area contributed by atoms with E-state index in [1.54, 1.807) is 18.9 Å². The van der Waals surface area contributed by atoms with Gasteiger partial charge in [-0.3, -0.25) is 19.1 Å². The fraction of sp³-hybridized carbons (Fsp3) is 0.929. The predicted molar refractivity (Wildman–Crippen MR) is 156 cm³/mol. The molecule has 38 heteroatoms. The molecule has 12 nitrogen and oxygen atoms in total. The van der Waals surface area contributed by atoms with E-state index in [1.165, 1.54) is 28.2 Å². The molecule has 0 saturated carbocycles. The van der Waals surface area contributed by atoms with E-state index in [4.69, 9.17) is 0 Å². The van der Waals surface area contributed by atoms with Gasteiger partial charge in [0, 0.05) is 38.8 Å². The van der Waals surface area contributed by atoms with Crippen LogP contribution >= 0.6 is 0 Å². The third-order valence-corrected chi connectivity index (χ3v) is 7.72. The van der Waals surface area contributed by atoms with Gasteiger partial charge in [0.1, 0.15) is 0 Å². The molecule has 0 radical (unpaired) electrons. The number of unbranched alkanes of at least 4 members (excludes halogenated alkanes) is 1. The Bertz CT molecular complexity index is 1480. The molecule has 0 rings (SSSR count). The highest BCUT2D eigenvalue weighted by Gasteiger charge is 2.76. The standard InChI is InChI=1S/C28H32F26N4O8/c1-57(2,13-7-9-55-15(59)17(29,19(31,32)33)61-21(37,38)23(41,42)63-27(51,52)65-25(45,46)47)11-5-6-12-58(3,4)14-8-10-56-16(60)18(30,20(34,35)36)62-22(39,40)24(43,44)64-28(53,54)66-26(48,49)50/h5-14H2,1-4H3/p+2. The van der Waals surface area contributed by atoms with Crippen molar-refractivity contribution < 1.29 is 161 Å². The number of amides is 2. The number of carbonyl (C=O) groups is 2. The molecule has 0 heterocycles. The fourth-order valence-electron chi connectivity index (χ4n) is 4.62. The maximum Gasteiger partial charge on any atom is 0.529 e. The summed E-state index contributed by atoms with van der Waals surface area (Å²) in [4.78, 5) is 23.8. The van der Waals surface area contributed by atoms with Crippen LogP contribution in [0.25, 0.3) is 0 Å². The predicted octanol–water partition coefficient (Wildman–Crippen LogP) is 8.00. The number of halogens is 26. The zero-order chi connectivity index (χ0) is 52.9. The van der Waals surface area contributed by atoms with Gasteiger partial charge in [0.25, 0.3) is 11.8 Å². The van der Waals surface area contributed by atoms with Crippen LogP contribution in [0, 0.1) is 0 Å². The molecule has 0 spiro atoms. The van der Waals surface area contributed by atoms with Crippen molar-refractivity contribution >= 4 is 11.8 Å². The minimum Gasteiger partial charge on any atom is -0.351 e. The number of alkyl halides is 26. The molecule has 0 aliphatic heterocycles. The topological polar surface area (TPSA) is 114 Å². The molecule has 2 N–H and O–H groups in total. The van der Waals surface area contributed by atoms with Crippen molar-refractivity contribution in [2.24, 2.45) is 0 Å². The molecular formula is C28H34F26N4O8+2. The fourth-order valence-corrected chi connectivity index (χ4v) is 4.62. The van der Waals surface area contributed by atoms with Gasteiger partial charge >= 0.3 is 73.8 Å². The first kappa shape index (κ1) is 62.8. The number of hydrogen-bond acceptors (Lipinski definition) is 8. The number of nitrogens with zero attached hydrogens (tertiary/aromatic N) is 2. The lowest BCUT2D eigenvalue weighted by Gasteiger charge is -2.34. The summed E-state index contributed by atoms with van der Waals surface area (Å²) in [7, 11) is 5.73. The highest BCUT2D eigenvalue weighted by atomic mass is 19.4. The zero-order valence-electron chi connectivity index (χ0n) is 33.1. The van der Waals surface area contributed by atoms with E-state index in [1.807, 2.05) is 0 Å². The second-order valence-corrected chi connectivity index (χ2v) is 14.4. The molecule has 66 heavy (non-hydrogen) atoms. The molecule has 0 aliphatic carbocycles. The summed E-state index contributed by atoms with van der Waals surface area (Å²) in [5, 5.41) is 2.14. The summed E-state index contributed by atoms with van der Waals surface area (Å²) in [6, 6.07) is 0. The normalized spacial score (nSPS) is 16.8. The minimum absolute atomic E-state index is 0.116. The van der Waals surface area contributed by atoms with Crippen molar-refractivity contribution in [1.82, 2.24) is 10.6 Å². The summed E-state index contributed by atoms with van der Waals surface area (Å²) in [5.74, 6) is -19.5. The third kappa shape index (κ3) is 19.4. The van der Waals surface area contributed by atoms with Crippen LogP contribution in [0.2, 0.25) is 0 Å². The third-order valence-electron chi connectivity index (χ3n) is 7.72. The van der Waals surface area contributed by atoms with Crippen LogP contribution in [0.5, 0.6) is 0 Å². The van der Waals surface area contributed by atoms with Crippen molar-refractivity contribution in [3.63, 3.8) is 0 Å². The highest BCUT2D eigenvalue weighted by molar-refractivity contribution is 5.85. The van der Waals surface area contributed by atoms with Gasteiger partial charge in [0.2, 0.25) is 0 Å². The Balaban J connectivity index is 5.29. The molecule has 0 fully saturated rings. The summed E-state index contributed by atoms with van der Waals surface area (Å²) in [6.07, 6.45) is -70.1. The lowest BCUT2D eigenvalue weighted by molar-refractivity contribution is -0.896. The van der Waals surface area contributed by atoms with Crippen molar-refractivity contribution in [1.29, 1.82) is 0 Å². The quantitative estimate of drug-likeness (QED) is 0.0369. The number of hydrogen-bond donors (Lipinski definition) is 2. The van der Waals surface area contributed by atoms with Crippen LogP contribution in [0.1, 0.15) is 25.7 Å². The Morgan fingerprint density at radius 1 is 0.364 bits per heavy atom. The molecule has 2 atom stereocenters. The van der Waals surface area contributed by atoms with Crippen LogP contribution in [0.4, 0.5) is 114 Å². The molecule has 394 valence electrons. The maximum absolute atomic E-state index is 14.6. The van der Waals surface area contributed by atoms with Crippen LogP contribution in [0.3, 0.4) is 0 Å². The number of ether oxygens (including phenoxy) is 6. The second-order valence-electron chi connectivity index (χ2n) is 14.4. The van der Waals surface area contributed by atoms with Crippen molar-refractivity contribution in [3.8, 4) is 0 Å². The molecule has 2 amide bonds. The van der Waals surface area contributed by atoms with Gasteiger partial charge in [0.15, 0.2) is 0 Å². The molecule has 0 saturated heterocycles. The number of nitrogens with one attached hydrogen (secondary N) is 2. The Morgan fingerprint density at radius 3 is 0.818 bits per heavy atom. The zero-order valence-corrected chi connectivity index (χ0v) is 33.1. The number of quaternary nitrogens is 2. The van der Waals surface area contributed by atoms with Gasteiger partial charge in [-0.25, -0.2) is 9.47 Å². The largest absolute Gasteiger partial charge is 0.529 e. The summed E-state index contributed by atoms with van der Waals surface area (Å²) in [6.45, 7) is -2.22. The van der Waals surface area contributed by atoms with Crippen LogP contribution in [-0.4, -0.2) is 162 Å². The summed E-state index contributed by atoms with van der Waals surface area (Å²) in [5.41, 5.74) is 0. The average molecular weight is 1050 g/mol. The van der Waals surface area contributed by atoms with Crippen LogP contribution < -0.4 is 10.6 Å². The lowest BCUT2D eigenvalue weighted by atomic mass is 10.2. The maximum atomic E-state index is 14.6. The van der Waals surface area contributed by atoms with Crippen LogP contribution in [-0.2, 0) is 38.0 Å². The SMILES string of the molecule is C[N+](C)(CCCC[N+](C)(C)CCCNC(=O)C(F)(OC(F)(F)C(F)(F)OC(F)(F)OC(F)(F)F)C(F)(F)F)CCCNC(=O)C(F)(OC(F)(F)C(F)(F)OC(F)(F)OC(F)(F)F)C(F)(F)F. The Morgan fingerprint density at radius 2 is 0.591 bits per heavy atom. The first-order valence-electron chi connectivity index (χ1n) is 17.0. The average Bonchev–Trinajstić information content (AvgIpc) is 3.01. The molecule has 0 aromatic heterocycles. The number of rotatable bonds is 27. The Labute approximate surface area is 351 Å². The van der Waals surface area contributed by atoms with Crippen molar-refractivity contribution in [2.75, 3.05) is 67.5 Å². The first-order chi connectivity index (χ1) is 28.7. The molecule has 2 unspecified atom stereocenters. The summed E-state index contributed by atoms with van der Waals surface area (Å²) < 4.78 is 352. The van der Waals surface area contributed by atoms with E-state index in [0.717, 1.165) is 10.6 Å². The lowest BCUT2D eigenvalue weighted by Crippen LogP contribution is -2.62. The Kier molecular flexibility index (Phi) is 19.8. The Hall–Kier alpha value is -3.20. The van der Waals surface area contributed by atoms with Crippen molar-refractivity contribution in [2.45, 2.75) is 99.5 Å². The van der Waals surface area contributed by atoms with Gasteiger partial charge < -0.3 is 19.6 Å². The van der Waals surface area contributed by atoms with E-state index in [0.29, 0.717) is 0 Å². The minimum atomic E-state index is -7.26. The second kappa shape index (κ2) is 20.8. The monoisotopic (exact) mass is 1050 g/mol. The van der Waals surface area contributed by atoms with Gasteiger partial charge in [-0.15, -0.1) is 43.9 Å². The van der Waals surface area contributed by atoms with Gasteiger partial charge in [-0.05, 0) is 0 Å². The first-order valence-corrected chi connectivity index (χ1v) is 17.0. The van der Waals surface area contributed by atoms with E-state index >= 15 is 0 Å². The van der Waals surface area contributed by atoms with Crippen LogP contribution in [0.15, 0.2) is 0 Å².